The van der Waals surface area contributed by atoms with Gasteiger partial charge in [0.25, 0.3) is 0 Å². The molecule has 1 aromatic heterocycles. The van der Waals surface area contributed by atoms with Crippen LogP contribution in [0.4, 0.5) is 0 Å². The average molecular weight is 420 g/mol. The van der Waals surface area contributed by atoms with Crippen molar-refractivity contribution in [2.75, 3.05) is 19.6 Å². The molecule has 0 aliphatic carbocycles. The molecule has 0 N–H and O–H groups in total. The van der Waals surface area contributed by atoms with Crippen LogP contribution in [0.15, 0.2) is 40.1 Å². The summed E-state index contributed by atoms with van der Waals surface area (Å²) in [7, 11) is 2.00. The minimum atomic E-state index is 0.568. The van der Waals surface area contributed by atoms with Crippen LogP contribution in [0.3, 0.4) is 0 Å². The van der Waals surface area contributed by atoms with Gasteiger partial charge in [-0.1, -0.05) is 46.3 Å². The Kier molecular flexibility index (Phi) is 12.0. The van der Waals surface area contributed by atoms with Crippen LogP contribution in [0, 0.1) is 12.8 Å². The second-order valence-corrected chi connectivity index (χ2v) is 8.54. The van der Waals surface area contributed by atoms with Gasteiger partial charge in [0.15, 0.2) is 0 Å². The third-order valence-electron chi connectivity index (χ3n) is 4.99. The van der Waals surface area contributed by atoms with Crippen molar-refractivity contribution in [3.63, 3.8) is 0 Å². The number of hydrazone groups is 1. The molecule has 0 radical (unpaired) electrons. The Morgan fingerprint density at radius 1 is 1.34 bits per heavy atom. The molecule has 1 aliphatic heterocycles. The van der Waals surface area contributed by atoms with Gasteiger partial charge in [-0.15, -0.1) is 0 Å². The largest absolute Gasteiger partial charge is 0.272 e. The summed E-state index contributed by atoms with van der Waals surface area (Å²) in [5.41, 5.74) is 3.74. The summed E-state index contributed by atoms with van der Waals surface area (Å²) in [5.74, 6) is 0.568. The van der Waals surface area contributed by atoms with Crippen LogP contribution in [0.25, 0.3) is 0 Å². The number of hydrogen-bond acceptors (Lipinski definition) is 5. The van der Waals surface area contributed by atoms with Gasteiger partial charge in [0.1, 0.15) is 0 Å². The first-order valence-electron chi connectivity index (χ1n) is 11.0. The molecule has 164 valence electrons. The first-order chi connectivity index (χ1) is 13.9. The van der Waals surface area contributed by atoms with E-state index in [1.54, 1.807) is 0 Å². The molecule has 0 spiro atoms. The zero-order valence-corrected chi connectivity index (χ0v) is 20.4. The van der Waals surface area contributed by atoms with E-state index in [1.807, 2.05) is 48.0 Å². The zero-order chi connectivity index (χ0) is 21.8. The van der Waals surface area contributed by atoms with E-state index in [2.05, 4.69) is 61.8 Å². The summed E-state index contributed by atoms with van der Waals surface area (Å²) < 4.78 is 4.37. The number of allylic oxidation sites excluding steroid dienone is 1. The molecule has 0 saturated heterocycles. The second kappa shape index (κ2) is 13.6. The normalized spacial score (nSPS) is 17.0. The van der Waals surface area contributed by atoms with E-state index >= 15 is 0 Å². The van der Waals surface area contributed by atoms with Crippen LogP contribution in [0.5, 0.6) is 0 Å². The van der Waals surface area contributed by atoms with Crippen LogP contribution in [0.1, 0.15) is 66.0 Å². The Hall–Kier alpha value is -1.53. The van der Waals surface area contributed by atoms with Gasteiger partial charge in [-0.2, -0.15) is 10.2 Å². The molecule has 1 aliphatic rings. The maximum Gasteiger partial charge on any atom is 0.0641 e. The van der Waals surface area contributed by atoms with E-state index in [0.717, 1.165) is 31.8 Å². The third-order valence-corrected chi connectivity index (χ3v) is 6.29. The summed E-state index contributed by atoms with van der Waals surface area (Å²) in [4.78, 5) is 1.25. The number of aryl methyl sites for hydroxylation is 1. The number of hydrogen-bond donors (Lipinski definition) is 0. The first-order valence-corrected chi connectivity index (χ1v) is 11.8. The van der Waals surface area contributed by atoms with Crippen LogP contribution in [-0.2, 0) is 7.05 Å². The predicted molar refractivity (Wildman–Crippen MR) is 128 cm³/mol. The van der Waals surface area contributed by atoms with Gasteiger partial charge < -0.3 is 0 Å². The monoisotopic (exact) mass is 419 g/mol. The number of rotatable bonds is 9. The molecule has 6 heteroatoms. The predicted octanol–water partition coefficient (Wildman–Crippen LogP) is 6.04. The highest BCUT2D eigenvalue weighted by Crippen LogP contribution is 2.30. The Labute approximate surface area is 183 Å². The molecule has 1 aromatic rings. The van der Waals surface area contributed by atoms with Crippen LogP contribution >= 0.6 is 11.9 Å². The SMILES string of the molecule is C=C1C=C(CC)C(CCCN(CC)Sc2cnn(C)c2C)CN1/N=C\C.CCC. The summed E-state index contributed by atoms with van der Waals surface area (Å²) >= 11 is 1.83. The lowest BCUT2D eigenvalue weighted by molar-refractivity contribution is 0.292. The number of nitrogens with zero attached hydrogens (tertiary/aromatic N) is 5. The molecule has 5 nitrogen and oxygen atoms in total. The quantitative estimate of drug-likeness (QED) is 0.361. The molecule has 1 atom stereocenters. The van der Waals surface area contributed by atoms with E-state index in [-0.39, 0.29) is 0 Å². The first kappa shape index (κ1) is 25.5. The lowest BCUT2D eigenvalue weighted by atomic mass is 9.88. The summed E-state index contributed by atoms with van der Waals surface area (Å²) in [6, 6.07) is 0. The third kappa shape index (κ3) is 8.01. The van der Waals surface area contributed by atoms with E-state index < -0.39 is 0 Å². The Morgan fingerprint density at radius 2 is 2.03 bits per heavy atom. The fourth-order valence-corrected chi connectivity index (χ4v) is 4.25. The van der Waals surface area contributed by atoms with Gasteiger partial charge in [-0.3, -0.25) is 9.69 Å². The molecule has 2 rings (SSSR count). The van der Waals surface area contributed by atoms with Gasteiger partial charge >= 0.3 is 0 Å². The van der Waals surface area contributed by atoms with E-state index in [1.165, 1.54) is 35.4 Å². The minimum Gasteiger partial charge on any atom is -0.272 e. The molecule has 0 fully saturated rings. The van der Waals surface area contributed by atoms with Gasteiger partial charge in [0.2, 0.25) is 0 Å². The van der Waals surface area contributed by atoms with Crippen molar-refractivity contribution in [2.24, 2.45) is 18.1 Å². The average Bonchev–Trinajstić information content (AvgIpc) is 3.02. The summed E-state index contributed by atoms with van der Waals surface area (Å²) in [5, 5.41) is 10.8. The lowest BCUT2D eigenvalue weighted by Gasteiger charge is -2.32. The van der Waals surface area contributed by atoms with E-state index in [4.69, 9.17) is 0 Å². The Morgan fingerprint density at radius 3 is 2.55 bits per heavy atom. The summed E-state index contributed by atoms with van der Waals surface area (Å²) in [6.45, 7) is 20.0. The van der Waals surface area contributed by atoms with E-state index in [0.29, 0.717) is 5.92 Å². The maximum absolute atomic E-state index is 4.45. The van der Waals surface area contributed by atoms with Crippen molar-refractivity contribution in [3.8, 4) is 0 Å². The van der Waals surface area contributed by atoms with Crippen molar-refractivity contribution in [1.82, 2.24) is 19.1 Å². The van der Waals surface area contributed by atoms with Gasteiger partial charge in [0.05, 0.1) is 16.8 Å². The van der Waals surface area contributed by atoms with Crippen molar-refractivity contribution >= 4 is 18.2 Å². The van der Waals surface area contributed by atoms with Crippen LogP contribution in [-0.4, -0.2) is 44.9 Å². The standard InChI is InChI=1S/C20H33N5S.C3H8/c1-7-18-13-16(4)25(21-8-2)15-19(18)11-10-12-24(9-3)26-20-14-22-23(6)17(20)5;1-3-2/h8,13-14,19H,4,7,9-12,15H2,1-3,5-6H3;3H2,1-2H3/b21-8-;. The summed E-state index contributed by atoms with van der Waals surface area (Å²) in [6.07, 6.45) is 10.7. The molecule has 1 unspecified atom stereocenters. The van der Waals surface area contributed by atoms with Gasteiger partial charge in [-0.25, -0.2) is 4.31 Å². The Bertz CT molecular complexity index is 677. The van der Waals surface area contributed by atoms with Crippen LogP contribution < -0.4 is 0 Å². The van der Waals surface area contributed by atoms with Gasteiger partial charge in [0, 0.05) is 38.6 Å². The van der Waals surface area contributed by atoms with Crippen molar-refractivity contribution in [3.05, 3.63) is 35.8 Å². The highest BCUT2D eigenvalue weighted by molar-refractivity contribution is 7.97. The maximum atomic E-state index is 4.45. The fourth-order valence-electron chi connectivity index (χ4n) is 3.27. The van der Waals surface area contributed by atoms with Crippen molar-refractivity contribution in [2.45, 2.75) is 72.1 Å². The molecule has 0 saturated carbocycles. The Balaban J connectivity index is 0.00000132. The second-order valence-electron chi connectivity index (χ2n) is 7.40. The van der Waals surface area contributed by atoms with Crippen molar-refractivity contribution in [1.29, 1.82) is 0 Å². The highest BCUT2D eigenvalue weighted by Gasteiger charge is 2.23. The smallest absolute Gasteiger partial charge is 0.0641 e. The topological polar surface area (TPSA) is 36.7 Å². The molecular weight excluding hydrogens is 378 g/mol. The molecule has 0 aromatic carbocycles. The number of aromatic nitrogens is 2. The molecule has 0 amide bonds. The lowest BCUT2D eigenvalue weighted by Crippen LogP contribution is -2.30. The minimum absolute atomic E-state index is 0.568. The zero-order valence-electron chi connectivity index (χ0n) is 19.6. The highest BCUT2D eigenvalue weighted by atomic mass is 32.2. The van der Waals surface area contributed by atoms with Crippen molar-refractivity contribution < 1.29 is 0 Å². The van der Waals surface area contributed by atoms with Gasteiger partial charge in [-0.05, 0) is 57.1 Å². The molecule has 2 heterocycles. The van der Waals surface area contributed by atoms with E-state index in [9.17, 15) is 0 Å². The molecule has 29 heavy (non-hydrogen) atoms. The molecule has 0 bridgehead atoms. The van der Waals surface area contributed by atoms with Crippen LogP contribution in [0.2, 0.25) is 0 Å². The fraction of sp³-hybridized carbons (Fsp3) is 0.652. The molecular formula is C23H41N5S.